The Morgan fingerprint density at radius 2 is 1.75 bits per heavy atom. The number of benzene rings is 1. The second-order valence-corrected chi connectivity index (χ2v) is 3.87. The molecule has 0 aromatic heterocycles. The summed E-state index contributed by atoms with van der Waals surface area (Å²) in [6.07, 6.45) is 0. The first-order chi connectivity index (χ1) is 6.32. The fourth-order valence-electron chi connectivity index (χ4n) is 0.868. The first-order valence-corrected chi connectivity index (χ1v) is 4.80. The third-order valence-electron chi connectivity index (χ3n) is 1.53. The number of carbonyl (C=O) groups is 1. The van der Waals surface area contributed by atoms with Crippen molar-refractivity contribution < 1.29 is 60.6 Å². The van der Waals surface area contributed by atoms with Crippen molar-refractivity contribution in [2.75, 3.05) is 5.73 Å². The molecule has 0 saturated heterocycles. The van der Waals surface area contributed by atoms with Crippen molar-refractivity contribution in [1.82, 2.24) is 0 Å². The van der Waals surface area contributed by atoms with Gasteiger partial charge in [-0.2, -0.15) is 0 Å². The van der Waals surface area contributed by atoms with Gasteiger partial charge in [0.05, 0.1) is 10.9 Å². The number of hydrogen-bond donors (Lipinski definition) is 1. The second kappa shape index (κ2) is 6.36. The second-order valence-electron chi connectivity index (χ2n) is 2.49. The SMILES string of the molecule is Nc1ccc(S(=O)(=O)[O-])cc1C(=O)[O-].[Li+].[Li+]. The van der Waals surface area contributed by atoms with Gasteiger partial charge in [-0.15, -0.1) is 0 Å². The Morgan fingerprint density at radius 3 is 2.12 bits per heavy atom. The number of carboxylic acids is 1. The molecule has 0 atom stereocenters. The Kier molecular flexibility index (Phi) is 7.14. The van der Waals surface area contributed by atoms with Crippen LogP contribution in [0.4, 0.5) is 5.69 Å². The van der Waals surface area contributed by atoms with E-state index in [0.29, 0.717) is 6.07 Å². The van der Waals surface area contributed by atoms with Gasteiger partial charge >= 0.3 is 37.7 Å². The van der Waals surface area contributed by atoms with E-state index in [1.54, 1.807) is 0 Å². The predicted molar refractivity (Wildman–Crippen MR) is 43.1 cm³/mol. The van der Waals surface area contributed by atoms with Crippen molar-refractivity contribution in [1.29, 1.82) is 0 Å². The van der Waals surface area contributed by atoms with Gasteiger partial charge in [-0.3, -0.25) is 0 Å². The van der Waals surface area contributed by atoms with Gasteiger partial charge in [-0.05, 0) is 18.2 Å². The minimum atomic E-state index is -4.67. The number of hydrogen-bond acceptors (Lipinski definition) is 6. The zero-order valence-electron chi connectivity index (χ0n) is 8.76. The number of anilines is 1. The van der Waals surface area contributed by atoms with Crippen molar-refractivity contribution in [2.24, 2.45) is 0 Å². The average molecular weight is 229 g/mol. The van der Waals surface area contributed by atoms with Crippen LogP contribution in [0.25, 0.3) is 0 Å². The van der Waals surface area contributed by atoms with Crippen molar-refractivity contribution >= 4 is 21.8 Å². The monoisotopic (exact) mass is 229 g/mol. The molecule has 0 radical (unpaired) electrons. The molecule has 2 N–H and O–H groups in total. The zero-order chi connectivity index (χ0) is 10.9. The van der Waals surface area contributed by atoms with Crippen LogP contribution < -0.4 is 48.6 Å². The largest absolute Gasteiger partial charge is 1.00 e. The molecule has 0 spiro atoms. The molecular formula is C7H5Li2NO5S. The maximum atomic E-state index is 10.5. The summed E-state index contributed by atoms with van der Waals surface area (Å²) in [4.78, 5) is 9.77. The molecule has 1 aromatic carbocycles. The van der Waals surface area contributed by atoms with Gasteiger partial charge in [0.25, 0.3) is 0 Å². The summed E-state index contributed by atoms with van der Waals surface area (Å²) in [5, 5.41) is 10.4. The van der Waals surface area contributed by atoms with E-state index in [1.807, 2.05) is 0 Å². The Labute approximate surface area is 116 Å². The molecule has 0 unspecified atom stereocenters. The molecule has 0 saturated carbocycles. The van der Waals surface area contributed by atoms with Crippen molar-refractivity contribution in [3.05, 3.63) is 23.8 Å². The van der Waals surface area contributed by atoms with Crippen molar-refractivity contribution in [3.63, 3.8) is 0 Å². The average Bonchev–Trinajstić information content (AvgIpc) is 2.02. The van der Waals surface area contributed by atoms with Gasteiger partial charge in [-0.25, -0.2) is 8.42 Å². The number of nitrogens with two attached hydrogens (primary N) is 1. The first-order valence-electron chi connectivity index (χ1n) is 3.39. The maximum Gasteiger partial charge on any atom is 1.00 e. The molecule has 0 bridgehead atoms. The molecule has 0 aliphatic rings. The summed E-state index contributed by atoms with van der Waals surface area (Å²) in [7, 11) is -4.67. The molecule has 0 heterocycles. The molecule has 1 rings (SSSR count). The molecule has 0 amide bonds. The number of rotatable bonds is 2. The van der Waals surface area contributed by atoms with Gasteiger partial charge in [0.2, 0.25) is 0 Å². The Balaban J connectivity index is 0. The van der Waals surface area contributed by atoms with E-state index in [1.165, 1.54) is 0 Å². The van der Waals surface area contributed by atoms with Crippen LogP contribution in [0.2, 0.25) is 0 Å². The van der Waals surface area contributed by atoms with Crippen LogP contribution in [0.15, 0.2) is 23.1 Å². The molecule has 76 valence electrons. The van der Waals surface area contributed by atoms with Crippen molar-refractivity contribution in [2.45, 2.75) is 4.90 Å². The topological polar surface area (TPSA) is 123 Å². The van der Waals surface area contributed by atoms with E-state index < -0.39 is 26.5 Å². The Hall–Kier alpha value is -0.405. The van der Waals surface area contributed by atoms with Gasteiger partial charge in [0.1, 0.15) is 10.1 Å². The zero-order valence-corrected chi connectivity index (χ0v) is 9.58. The maximum absolute atomic E-state index is 10.5. The quantitative estimate of drug-likeness (QED) is 0.305. The number of nitrogen functional groups attached to an aromatic ring is 1. The molecule has 0 aliphatic heterocycles. The molecule has 0 aliphatic carbocycles. The smallest absolute Gasteiger partial charge is 0.744 e. The summed E-state index contributed by atoms with van der Waals surface area (Å²) in [5.41, 5.74) is 4.55. The summed E-state index contributed by atoms with van der Waals surface area (Å²) in [6.45, 7) is 0. The summed E-state index contributed by atoms with van der Waals surface area (Å²) in [5.74, 6) is -1.63. The van der Waals surface area contributed by atoms with Crippen LogP contribution in [-0.2, 0) is 10.1 Å². The van der Waals surface area contributed by atoms with Crippen molar-refractivity contribution in [3.8, 4) is 0 Å². The van der Waals surface area contributed by atoms with Gasteiger partial charge < -0.3 is 20.2 Å². The summed E-state index contributed by atoms with van der Waals surface area (Å²) < 4.78 is 31.5. The standard InChI is InChI=1S/C7H7NO5S.2Li/c8-6-2-1-4(14(11,12)13)3-5(6)7(9)10;;/h1-3H,8H2,(H,9,10)(H,11,12,13);;/q;2*+1/p-2. The molecule has 1 aromatic rings. The first kappa shape index (κ1) is 18.0. The fraction of sp³-hybridized carbons (Fsp3) is 0. The third-order valence-corrected chi connectivity index (χ3v) is 2.36. The molecule has 9 heteroatoms. The minimum Gasteiger partial charge on any atom is -0.744 e. The van der Waals surface area contributed by atoms with E-state index >= 15 is 0 Å². The van der Waals surface area contributed by atoms with Crippen LogP contribution in [0, 0.1) is 0 Å². The minimum absolute atomic E-state index is 0. The van der Waals surface area contributed by atoms with E-state index in [-0.39, 0.29) is 43.4 Å². The van der Waals surface area contributed by atoms with E-state index in [0.717, 1.165) is 12.1 Å². The van der Waals surface area contributed by atoms with Crippen LogP contribution in [-0.4, -0.2) is 18.9 Å². The van der Waals surface area contributed by atoms with E-state index in [2.05, 4.69) is 0 Å². The predicted octanol–water partition coefficient (Wildman–Crippen LogP) is -7.46. The van der Waals surface area contributed by atoms with Crippen LogP contribution in [0.1, 0.15) is 10.4 Å². The third kappa shape index (κ3) is 4.22. The molecule has 6 nitrogen and oxygen atoms in total. The molecular weight excluding hydrogens is 224 g/mol. The normalized spacial score (nSPS) is 9.81. The number of aromatic carboxylic acids is 1. The summed E-state index contributed by atoms with van der Waals surface area (Å²) >= 11 is 0. The Morgan fingerprint density at radius 1 is 1.25 bits per heavy atom. The van der Waals surface area contributed by atoms with Gasteiger partial charge in [0.15, 0.2) is 0 Å². The van der Waals surface area contributed by atoms with Crippen LogP contribution >= 0.6 is 0 Å². The van der Waals surface area contributed by atoms with E-state index in [4.69, 9.17) is 5.73 Å². The van der Waals surface area contributed by atoms with Gasteiger partial charge in [-0.1, -0.05) is 0 Å². The number of carboxylic acid groups (broad SMARTS) is 1. The molecule has 16 heavy (non-hydrogen) atoms. The fourth-order valence-corrected chi connectivity index (χ4v) is 1.36. The molecule has 0 fully saturated rings. The Bertz CT molecular complexity index is 488. The number of carbonyl (C=O) groups excluding carboxylic acids is 1. The van der Waals surface area contributed by atoms with Crippen LogP contribution in [0.3, 0.4) is 0 Å². The van der Waals surface area contributed by atoms with Crippen LogP contribution in [0.5, 0.6) is 0 Å². The summed E-state index contributed by atoms with van der Waals surface area (Å²) in [6, 6.07) is 2.63. The van der Waals surface area contributed by atoms with Gasteiger partial charge in [0, 0.05) is 11.3 Å². The van der Waals surface area contributed by atoms with E-state index in [9.17, 15) is 22.9 Å².